The predicted molar refractivity (Wildman–Crippen MR) is 124 cm³/mol. The van der Waals surface area contributed by atoms with Crippen LogP contribution >= 0.6 is 0 Å². The second-order valence-corrected chi connectivity index (χ2v) is 8.49. The van der Waals surface area contributed by atoms with Gasteiger partial charge in [0, 0.05) is 50.3 Å². The van der Waals surface area contributed by atoms with Crippen LogP contribution in [0.3, 0.4) is 0 Å². The number of rotatable bonds is 5. The van der Waals surface area contributed by atoms with Crippen LogP contribution in [-0.2, 0) is 16.0 Å². The third kappa shape index (κ3) is 4.61. The maximum Gasteiger partial charge on any atom is 0.251 e. The second-order valence-electron chi connectivity index (χ2n) is 8.49. The van der Waals surface area contributed by atoms with E-state index in [0.717, 1.165) is 22.5 Å². The molecule has 0 bridgehead atoms. The number of carbonyl (C=O) groups is 2. The number of carbonyl (C=O) groups excluding carboxylic acids is 2. The molecule has 1 aromatic carbocycles. The summed E-state index contributed by atoms with van der Waals surface area (Å²) < 4.78 is 22.2. The Morgan fingerprint density at radius 1 is 1.24 bits per heavy atom. The van der Waals surface area contributed by atoms with Gasteiger partial charge in [-0.2, -0.15) is 0 Å². The lowest BCUT2D eigenvalue weighted by atomic mass is 9.99. The van der Waals surface area contributed by atoms with E-state index in [2.05, 4.69) is 5.32 Å². The van der Waals surface area contributed by atoms with Crippen LogP contribution in [0.5, 0.6) is 0 Å². The maximum absolute atomic E-state index is 14.5. The highest BCUT2D eigenvalue weighted by Gasteiger charge is 2.26. The number of amides is 2. The standard InChI is InChI=1S/C25H29FN4O3/c1-5-27-25(32)18-6-7-20(15(2)10-18)24-22(12-19-13-29(17(4)31)8-9-33-19)30-14-21(26)16(3)11-23(30)28-24/h6-7,10-11,14,19H,5,8-9,12-13H2,1-4H3,(H,27,32)/t19-/m0/s1. The molecule has 1 N–H and O–H groups in total. The summed E-state index contributed by atoms with van der Waals surface area (Å²) >= 11 is 0. The van der Waals surface area contributed by atoms with Crippen LogP contribution in [0.4, 0.5) is 4.39 Å². The van der Waals surface area contributed by atoms with Crippen molar-refractivity contribution in [3.63, 3.8) is 0 Å². The van der Waals surface area contributed by atoms with Gasteiger partial charge in [0.25, 0.3) is 5.91 Å². The van der Waals surface area contributed by atoms with Gasteiger partial charge in [0.1, 0.15) is 11.5 Å². The van der Waals surface area contributed by atoms with Gasteiger partial charge in [0.05, 0.1) is 24.1 Å². The van der Waals surface area contributed by atoms with Crippen molar-refractivity contribution in [2.45, 2.75) is 40.2 Å². The molecule has 3 aromatic rings. The highest BCUT2D eigenvalue weighted by atomic mass is 19.1. The summed E-state index contributed by atoms with van der Waals surface area (Å²) in [7, 11) is 0. The molecule has 33 heavy (non-hydrogen) atoms. The maximum atomic E-state index is 14.5. The first-order chi connectivity index (χ1) is 15.8. The van der Waals surface area contributed by atoms with E-state index in [9.17, 15) is 14.0 Å². The summed E-state index contributed by atoms with van der Waals surface area (Å²) in [5.74, 6) is -0.425. The van der Waals surface area contributed by atoms with Crippen molar-refractivity contribution in [1.82, 2.24) is 19.6 Å². The molecule has 1 fully saturated rings. The summed E-state index contributed by atoms with van der Waals surface area (Å²) in [6, 6.07) is 7.23. The molecule has 1 aliphatic rings. The quantitative estimate of drug-likeness (QED) is 0.645. The zero-order valence-electron chi connectivity index (χ0n) is 19.4. The molecule has 0 spiro atoms. The number of pyridine rings is 1. The SMILES string of the molecule is CCNC(=O)c1ccc(-c2nc3cc(C)c(F)cn3c2C[C@H]2CN(C(C)=O)CCO2)c(C)c1. The summed E-state index contributed by atoms with van der Waals surface area (Å²) in [6.07, 6.45) is 1.71. The zero-order valence-corrected chi connectivity index (χ0v) is 19.4. The number of hydrogen-bond acceptors (Lipinski definition) is 4. The molecule has 2 amide bonds. The first-order valence-electron chi connectivity index (χ1n) is 11.2. The van der Waals surface area contributed by atoms with Crippen molar-refractivity contribution in [2.24, 2.45) is 0 Å². The fraction of sp³-hybridized carbons (Fsp3) is 0.400. The van der Waals surface area contributed by atoms with E-state index in [1.807, 2.05) is 26.0 Å². The van der Waals surface area contributed by atoms with Gasteiger partial charge >= 0.3 is 0 Å². The lowest BCUT2D eigenvalue weighted by Crippen LogP contribution is -2.45. The molecule has 1 saturated heterocycles. The average molecular weight is 453 g/mol. The van der Waals surface area contributed by atoms with Crippen molar-refractivity contribution < 1.29 is 18.7 Å². The third-order valence-corrected chi connectivity index (χ3v) is 6.09. The van der Waals surface area contributed by atoms with Gasteiger partial charge in [-0.25, -0.2) is 9.37 Å². The minimum absolute atomic E-state index is 0.0140. The molecule has 0 saturated carbocycles. The van der Waals surface area contributed by atoms with Crippen molar-refractivity contribution in [1.29, 1.82) is 0 Å². The molecular weight excluding hydrogens is 423 g/mol. The van der Waals surface area contributed by atoms with Crippen LogP contribution in [-0.4, -0.2) is 58.4 Å². The Bertz CT molecular complexity index is 1220. The van der Waals surface area contributed by atoms with Crippen LogP contribution in [0.1, 0.15) is 41.0 Å². The van der Waals surface area contributed by atoms with Crippen molar-refractivity contribution in [2.75, 3.05) is 26.2 Å². The summed E-state index contributed by atoms with van der Waals surface area (Å²) in [5, 5.41) is 2.81. The average Bonchev–Trinajstić information content (AvgIpc) is 3.11. The van der Waals surface area contributed by atoms with Crippen LogP contribution in [0.2, 0.25) is 0 Å². The topological polar surface area (TPSA) is 75.9 Å². The number of halogens is 1. The molecule has 0 unspecified atom stereocenters. The molecule has 0 radical (unpaired) electrons. The molecule has 174 valence electrons. The number of morpholine rings is 1. The van der Waals surface area contributed by atoms with E-state index in [-0.39, 0.29) is 23.7 Å². The van der Waals surface area contributed by atoms with Crippen molar-refractivity contribution in [3.8, 4) is 11.3 Å². The number of aryl methyl sites for hydroxylation is 2. The van der Waals surface area contributed by atoms with E-state index in [1.165, 1.54) is 6.20 Å². The van der Waals surface area contributed by atoms with E-state index in [1.54, 1.807) is 35.3 Å². The molecule has 8 heteroatoms. The van der Waals surface area contributed by atoms with Gasteiger partial charge in [0.2, 0.25) is 5.91 Å². The smallest absolute Gasteiger partial charge is 0.251 e. The molecule has 1 aliphatic heterocycles. The molecule has 1 atom stereocenters. The van der Waals surface area contributed by atoms with E-state index in [4.69, 9.17) is 9.72 Å². The number of fused-ring (bicyclic) bond motifs is 1. The number of nitrogens with zero attached hydrogens (tertiary/aromatic N) is 3. The first kappa shape index (κ1) is 22.9. The number of imidazole rings is 1. The monoisotopic (exact) mass is 452 g/mol. The van der Waals surface area contributed by atoms with Gasteiger partial charge in [-0.1, -0.05) is 6.07 Å². The van der Waals surface area contributed by atoms with Crippen molar-refractivity contribution >= 4 is 17.5 Å². The summed E-state index contributed by atoms with van der Waals surface area (Å²) in [6.45, 7) is 9.15. The number of ether oxygens (including phenoxy) is 1. The van der Waals surface area contributed by atoms with E-state index >= 15 is 0 Å². The number of aromatic nitrogens is 2. The number of nitrogens with one attached hydrogen (secondary N) is 1. The van der Waals surface area contributed by atoms with Gasteiger partial charge in [-0.15, -0.1) is 0 Å². The first-order valence-corrected chi connectivity index (χ1v) is 11.2. The van der Waals surface area contributed by atoms with Crippen LogP contribution in [0.25, 0.3) is 16.9 Å². The Balaban J connectivity index is 1.78. The highest BCUT2D eigenvalue weighted by Crippen LogP contribution is 2.30. The Labute approximate surface area is 192 Å². The molecule has 7 nitrogen and oxygen atoms in total. The van der Waals surface area contributed by atoms with Gasteiger partial charge < -0.3 is 19.4 Å². The largest absolute Gasteiger partial charge is 0.374 e. The number of benzene rings is 1. The van der Waals surface area contributed by atoms with E-state index in [0.29, 0.717) is 49.4 Å². The lowest BCUT2D eigenvalue weighted by Gasteiger charge is -2.32. The van der Waals surface area contributed by atoms with Crippen LogP contribution in [0, 0.1) is 19.7 Å². The van der Waals surface area contributed by atoms with E-state index < -0.39 is 0 Å². The Morgan fingerprint density at radius 2 is 2.03 bits per heavy atom. The van der Waals surface area contributed by atoms with Gasteiger partial charge in [-0.05, 0) is 50.1 Å². The van der Waals surface area contributed by atoms with Gasteiger partial charge in [-0.3, -0.25) is 9.59 Å². The minimum Gasteiger partial charge on any atom is -0.374 e. The van der Waals surface area contributed by atoms with Crippen molar-refractivity contribution in [3.05, 3.63) is 58.7 Å². The highest BCUT2D eigenvalue weighted by molar-refractivity contribution is 5.95. The van der Waals surface area contributed by atoms with Crippen LogP contribution in [0.15, 0.2) is 30.5 Å². The molecule has 3 heterocycles. The Morgan fingerprint density at radius 3 is 2.73 bits per heavy atom. The summed E-state index contributed by atoms with van der Waals surface area (Å²) in [5.41, 5.74) is 5.06. The molecule has 4 rings (SSSR count). The normalized spacial score (nSPS) is 16.3. The Hall–Kier alpha value is -3.26. The summed E-state index contributed by atoms with van der Waals surface area (Å²) in [4.78, 5) is 30.7. The third-order valence-electron chi connectivity index (χ3n) is 6.09. The fourth-order valence-electron chi connectivity index (χ4n) is 4.30. The van der Waals surface area contributed by atoms with Gasteiger partial charge in [0.15, 0.2) is 0 Å². The zero-order chi connectivity index (χ0) is 23.7. The number of hydrogen-bond donors (Lipinski definition) is 1. The molecule has 2 aromatic heterocycles. The lowest BCUT2D eigenvalue weighted by molar-refractivity contribution is -0.136. The van der Waals surface area contributed by atoms with Crippen LogP contribution < -0.4 is 5.32 Å². The fourth-order valence-corrected chi connectivity index (χ4v) is 4.30. The minimum atomic E-state index is -0.314. The molecule has 0 aliphatic carbocycles. The predicted octanol–water partition coefficient (Wildman–Crippen LogP) is 3.30. The Kier molecular flexibility index (Phi) is 6.47. The second kappa shape index (κ2) is 9.31. The molecular formula is C25H29FN4O3.